The number of amides is 1. The van der Waals surface area contributed by atoms with Crippen molar-refractivity contribution in [1.82, 2.24) is 0 Å². The zero-order chi connectivity index (χ0) is 19.1. The Hall–Kier alpha value is -2.54. The summed E-state index contributed by atoms with van der Waals surface area (Å²) >= 11 is 3.40. The van der Waals surface area contributed by atoms with Crippen molar-refractivity contribution in [3.05, 3.63) is 52.0 Å². The molecule has 0 spiro atoms. The van der Waals surface area contributed by atoms with E-state index in [1.807, 2.05) is 26.0 Å². The molecular formula is C19H20BrNO5. The summed E-state index contributed by atoms with van der Waals surface area (Å²) in [6.07, 6.45) is 0. The highest BCUT2D eigenvalue weighted by molar-refractivity contribution is 9.10. The zero-order valence-electron chi connectivity index (χ0n) is 14.8. The van der Waals surface area contributed by atoms with Crippen LogP contribution in [0.3, 0.4) is 0 Å². The average molecular weight is 422 g/mol. The fourth-order valence-electron chi connectivity index (χ4n) is 2.21. The van der Waals surface area contributed by atoms with Crippen LogP contribution in [0.5, 0.6) is 11.5 Å². The Balaban J connectivity index is 1.96. The van der Waals surface area contributed by atoms with Crippen LogP contribution in [0.1, 0.15) is 22.8 Å². The Labute approximate surface area is 160 Å². The van der Waals surface area contributed by atoms with Crippen molar-refractivity contribution >= 4 is 33.5 Å². The third kappa shape index (κ3) is 5.23. The first-order chi connectivity index (χ1) is 12.4. The van der Waals surface area contributed by atoms with Gasteiger partial charge in [-0.1, -0.05) is 15.9 Å². The van der Waals surface area contributed by atoms with E-state index >= 15 is 0 Å². The predicted octanol–water partition coefficient (Wildman–Crippen LogP) is 3.96. The molecule has 0 atom stereocenters. The number of carbonyl (C=O) groups is 2. The number of benzene rings is 2. The van der Waals surface area contributed by atoms with Gasteiger partial charge >= 0.3 is 5.97 Å². The van der Waals surface area contributed by atoms with Gasteiger partial charge in [-0.2, -0.15) is 0 Å². The van der Waals surface area contributed by atoms with Gasteiger partial charge in [0.2, 0.25) is 0 Å². The Morgan fingerprint density at radius 3 is 2.54 bits per heavy atom. The van der Waals surface area contributed by atoms with Gasteiger partial charge in [0.25, 0.3) is 5.91 Å². The van der Waals surface area contributed by atoms with Crippen LogP contribution in [-0.4, -0.2) is 32.2 Å². The summed E-state index contributed by atoms with van der Waals surface area (Å²) in [5, 5.41) is 2.69. The van der Waals surface area contributed by atoms with Gasteiger partial charge in [-0.15, -0.1) is 0 Å². The summed E-state index contributed by atoms with van der Waals surface area (Å²) < 4.78 is 16.6. The number of ether oxygens (including phenoxy) is 3. The van der Waals surface area contributed by atoms with E-state index in [0.717, 1.165) is 10.0 Å². The molecule has 0 radical (unpaired) electrons. The molecule has 0 aliphatic rings. The first kappa shape index (κ1) is 19.8. The summed E-state index contributed by atoms with van der Waals surface area (Å²) in [6.45, 7) is 3.80. The number of nitrogens with one attached hydrogen (secondary N) is 1. The highest BCUT2D eigenvalue weighted by atomic mass is 79.9. The van der Waals surface area contributed by atoms with Crippen molar-refractivity contribution in [1.29, 1.82) is 0 Å². The van der Waals surface area contributed by atoms with Crippen LogP contribution in [0.2, 0.25) is 0 Å². The summed E-state index contributed by atoms with van der Waals surface area (Å²) in [7, 11) is 1.52. The van der Waals surface area contributed by atoms with Gasteiger partial charge in [0.1, 0.15) is 0 Å². The van der Waals surface area contributed by atoms with E-state index in [1.54, 1.807) is 18.2 Å². The minimum atomic E-state index is -0.615. The molecular weight excluding hydrogens is 402 g/mol. The van der Waals surface area contributed by atoms with E-state index in [1.165, 1.54) is 13.2 Å². The Kier molecular flexibility index (Phi) is 7.03. The first-order valence-electron chi connectivity index (χ1n) is 7.98. The van der Waals surface area contributed by atoms with E-state index in [2.05, 4.69) is 21.2 Å². The largest absolute Gasteiger partial charge is 0.493 e. The molecule has 2 rings (SSSR count). The summed E-state index contributed by atoms with van der Waals surface area (Å²) in [5.41, 5.74) is 1.90. The predicted molar refractivity (Wildman–Crippen MR) is 102 cm³/mol. The van der Waals surface area contributed by atoms with Crippen molar-refractivity contribution in [2.75, 3.05) is 25.6 Å². The lowest BCUT2D eigenvalue weighted by Gasteiger charge is -2.11. The van der Waals surface area contributed by atoms with E-state index in [-0.39, 0.29) is 12.2 Å². The highest BCUT2D eigenvalue weighted by Gasteiger charge is 2.14. The third-order valence-corrected chi connectivity index (χ3v) is 4.36. The Morgan fingerprint density at radius 1 is 1.12 bits per heavy atom. The molecule has 0 unspecified atom stereocenters. The molecule has 6 nitrogen and oxygen atoms in total. The van der Waals surface area contributed by atoms with Crippen molar-refractivity contribution in [2.45, 2.75) is 13.8 Å². The molecule has 26 heavy (non-hydrogen) atoms. The van der Waals surface area contributed by atoms with E-state index in [4.69, 9.17) is 14.2 Å². The summed E-state index contributed by atoms with van der Waals surface area (Å²) in [5.74, 6) is -0.0691. The monoisotopic (exact) mass is 421 g/mol. The lowest BCUT2D eigenvalue weighted by Crippen LogP contribution is -2.21. The molecule has 0 aliphatic heterocycles. The van der Waals surface area contributed by atoms with Crippen LogP contribution < -0.4 is 14.8 Å². The molecule has 0 heterocycles. The van der Waals surface area contributed by atoms with Gasteiger partial charge in [0.05, 0.1) is 19.3 Å². The van der Waals surface area contributed by atoms with Crippen molar-refractivity contribution in [2.24, 2.45) is 0 Å². The maximum atomic E-state index is 12.2. The molecule has 7 heteroatoms. The lowest BCUT2D eigenvalue weighted by atomic mass is 10.2. The van der Waals surface area contributed by atoms with Crippen molar-refractivity contribution < 1.29 is 23.8 Å². The molecule has 0 bridgehead atoms. The van der Waals surface area contributed by atoms with Gasteiger partial charge in [0, 0.05) is 10.2 Å². The first-order valence-corrected chi connectivity index (χ1v) is 8.77. The molecule has 0 saturated carbocycles. The molecule has 0 fully saturated rings. The second-order valence-corrected chi connectivity index (χ2v) is 6.24. The number of methoxy groups -OCH3 is 1. The van der Waals surface area contributed by atoms with Crippen LogP contribution in [0, 0.1) is 6.92 Å². The second kappa shape index (κ2) is 9.24. The van der Waals surface area contributed by atoms with Crippen molar-refractivity contribution in [3.8, 4) is 11.5 Å². The van der Waals surface area contributed by atoms with Gasteiger partial charge in [-0.3, -0.25) is 4.79 Å². The Morgan fingerprint density at radius 2 is 1.88 bits per heavy atom. The normalized spacial score (nSPS) is 10.2. The summed E-state index contributed by atoms with van der Waals surface area (Å²) in [4.78, 5) is 24.1. The Bertz CT molecular complexity index is 807. The third-order valence-electron chi connectivity index (χ3n) is 3.48. The molecule has 2 aromatic carbocycles. The van der Waals surface area contributed by atoms with Gasteiger partial charge in [0.15, 0.2) is 18.1 Å². The SMILES string of the molecule is CCOc1cc(C(=O)OCC(=O)Nc2ccc(Br)c(C)c2)ccc1OC. The minimum Gasteiger partial charge on any atom is -0.493 e. The topological polar surface area (TPSA) is 73.9 Å². The second-order valence-electron chi connectivity index (χ2n) is 5.39. The van der Waals surface area contributed by atoms with E-state index in [9.17, 15) is 9.59 Å². The maximum Gasteiger partial charge on any atom is 0.338 e. The number of esters is 1. The minimum absolute atomic E-state index is 0.279. The molecule has 138 valence electrons. The average Bonchev–Trinajstić information content (AvgIpc) is 2.63. The fourth-order valence-corrected chi connectivity index (χ4v) is 2.45. The van der Waals surface area contributed by atoms with Crippen LogP contribution in [0.4, 0.5) is 5.69 Å². The maximum absolute atomic E-state index is 12.2. The molecule has 1 N–H and O–H groups in total. The van der Waals surface area contributed by atoms with Crippen LogP contribution >= 0.6 is 15.9 Å². The van der Waals surface area contributed by atoms with Gasteiger partial charge < -0.3 is 19.5 Å². The zero-order valence-corrected chi connectivity index (χ0v) is 16.4. The van der Waals surface area contributed by atoms with Gasteiger partial charge in [-0.05, 0) is 55.8 Å². The number of anilines is 1. The van der Waals surface area contributed by atoms with Crippen molar-refractivity contribution in [3.63, 3.8) is 0 Å². The van der Waals surface area contributed by atoms with E-state index < -0.39 is 11.9 Å². The quantitative estimate of drug-likeness (QED) is 0.684. The molecule has 0 aromatic heterocycles. The number of halogens is 1. The number of rotatable bonds is 7. The number of hydrogen-bond donors (Lipinski definition) is 1. The van der Waals surface area contributed by atoms with Crippen LogP contribution in [0.15, 0.2) is 40.9 Å². The molecule has 0 aliphatic carbocycles. The number of aryl methyl sites for hydroxylation is 1. The number of hydrogen-bond acceptors (Lipinski definition) is 5. The van der Waals surface area contributed by atoms with Gasteiger partial charge in [-0.25, -0.2) is 4.79 Å². The molecule has 1 amide bonds. The molecule has 0 saturated heterocycles. The van der Waals surface area contributed by atoms with Crippen LogP contribution in [-0.2, 0) is 9.53 Å². The standard InChI is InChI=1S/C19H20BrNO5/c1-4-25-17-10-13(5-8-16(17)24-3)19(23)26-11-18(22)21-14-6-7-15(20)12(2)9-14/h5-10H,4,11H2,1-3H3,(H,21,22). The fraction of sp³-hybridized carbons (Fsp3) is 0.263. The molecule has 2 aromatic rings. The lowest BCUT2D eigenvalue weighted by molar-refractivity contribution is -0.119. The highest BCUT2D eigenvalue weighted by Crippen LogP contribution is 2.28. The van der Waals surface area contributed by atoms with E-state index in [0.29, 0.717) is 23.8 Å². The van der Waals surface area contributed by atoms with Crippen LogP contribution in [0.25, 0.3) is 0 Å². The number of carbonyl (C=O) groups excluding carboxylic acids is 2. The smallest absolute Gasteiger partial charge is 0.338 e. The summed E-state index contributed by atoms with van der Waals surface area (Å²) in [6, 6.07) is 10.1.